The molecule has 2 N–H and O–H groups in total. The number of benzene rings is 1. The molecule has 122 valence electrons. The molecule has 22 heavy (non-hydrogen) atoms. The number of hydrogen-bond donors (Lipinski definition) is 2. The van der Waals surface area contributed by atoms with Crippen molar-refractivity contribution in [1.82, 2.24) is 5.32 Å². The Morgan fingerprint density at radius 2 is 1.86 bits per heavy atom. The summed E-state index contributed by atoms with van der Waals surface area (Å²) in [6.07, 6.45) is 4.63. The number of ether oxygens (including phenoxy) is 1. The van der Waals surface area contributed by atoms with Gasteiger partial charge in [-0.25, -0.2) is 0 Å². The van der Waals surface area contributed by atoms with E-state index in [0.29, 0.717) is 12.6 Å². The average molecular weight is 304 g/mol. The minimum atomic E-state index is -0.239. The number of rotatable bonds is 6. The molecule has 1 aliphatic carbocycles. The van der Waals surface area contributed by atoms with Gasteiger partial charge in [-0.1, -0.05) is 6.92 Å². The van der Waals surface area contributed by atoms with Gasteiger partial charge in [0.2, 0.25) is 5.91 Å². The highest BCUT2D eigenvalue weighted by atomic mass is 16.5. The molecule has 1 saturated carbocycles. The van der Waals surface area contributed by atoms with Crippen LogP contribution in [0, 0.1) is 5.92 Å². The van der Waals surface area contributed by atoms with Gasteiger partial charge >= 0.3 is 0 Å². The van der Waals surface area contributed by atoms with Gasteiger partial charge in [0.05, 0.1) is 6.61 Å². The van der Waals surface area contributed by atoms with Crippen molar-refractivity contribution < 1.29 is 9.53 Å². The van der Waals surface area contributed by atoms with Crippen LogP contribution in [0.15, 0.2) is 24.3 Å². The fraction of sp³-hybridized carbons (Fsp3) is 0.611. The van der Waals surface area contributed by atoms with Crippen molar-refractivity contribution in [2.24, 2.45) is 5.92 Å². The van der Waals surface area contributed by atoms with Crippen molar-refractivity contribution in [2.45, 2.75) is 58.5 Å². The highest BCUT2D eigenvalue weighted by Gasteiger charge is 2.22. The summed E-state index contributed by atoms with van der Waals surface area (Å²) >= 11 is 0. The van der Waals surface area contributed by atoms with E-state index in [-0.39, 0.29) is 11.9 Å². The Hall–Kier alpha value is -1.71. The summed E-state index contributed by atoms with van der Waals surface area (Å²) in [5.74, 6) is 1.72. The maximum Gasteiger partial charge on any atom is 0.242 e. The van der Waals surface area contributed by atoms with Crippen LogP contribution in [0.25, 0.3) is 0 Å². The quantitative estimate of drug-likeness (QED) is 0.844. The molecule has 4 heteroatoms. The van der Waals surface area contributed by atoms with E-state index in [4.69, 9.17) is 4.74 Å². The molecule has 0 aromatic heterocycles. The van der Waals surface area contributed by atoms with Crippen LogP contribution < -0.4 is 15.4 Å². The molecule has 0 radical (unpaired) electrons. The van der Waals surface area contributed by atoms with Gasteiger partial charge in [0.25, 0.3) is 0 Å². The third kappa shape index (κ3) is 4.93. The predicted octanol–water partition coefficient (Wildman–Crippen LogP) is 3.58. The van der Waals surface area contributed by atoms with Crippen molar-refractivity contribution in [3.05, 3.63) is 24.3 Å². The monoisotopic (exact) mass is 304 g/mol. The van der Waals surface area contributed by atoms with Crippen molar-refractivity contribution >= 4 is 11.6 Å². The molecule has 1 atom stereocenters. The Labute approximate surface area is 133 Å². The topological polar surface area (TPSA) is 50.4 Å². The van der Waals surface area contributed by atoms with E-state index < -0.39 is 0 Å². The number of amides is 1. The normalized spacial score (nSPS) is 22.7. The maximum absolute atomic E-state index is 12.3. The number of carbonyl (C=O) groups is 1. The van der Waals surface area contributed by atoms with Crippen LogP contribution in [0.2, 0.25) is 0 Å². The van der Waals surface area contributed by atoms with E-state index in [0.717, 1.165) is 30.2 Å². The van der Waals surface area contributed by atoms with Crippen LogP contribution in [-0.4, -0.2) is 24.6 Å². The number of nitrogens with one attached hydrogen (secondary N) is 2. The van der Waals surface area contributed by atoms with E-state index in [1.54, 1.807) is 0 Å². The molecule has 0 spiro atoms. The number of hydrogen-bond acceptors (Lipinski definition) is 3. The van der Waals surface area contributed by atoms with Gasteiger partial charge in [-0.3, -0.25) is 4.79 Å². The maximum atomic E-state index is 12.3. The lowest BCUT2D eigenvalue weighted by molar-refractivity contribution is -0.122. The molecule has 1 aliphatic rings. The molecule has 0 aliphatic heterocycles. The SMILES string of the molecule is CCOc1ccc(NC(C)C(=O)NC2CCC(C)CC2)cc1. The molecule has 0 saturated heterocycles. The highest BCUT2D eigenvalue weighted by Crippen LogP contribution is 2.23. The molecule has 1 aromatic rings. The average Bonchev–Trinajstić information content (AvgIpc) is 2.51. The van der Waals surface area contributed by atoms with Crippen LogP contribution in [0.4, 0.5) is 5.69 Å². The summed E-state index contributed by atoms with van der Waals surface area (Å²) in [5.41, 5.74) is 0.934. The van der Waals surface area contributed by atoms with Gasteiger partial charge in [-0.05, 0) is 69.7 Å². The first kappa shape index (κ1) is 16.7. The van der Waals surface area contributed by atoms with Crippen LogP contribution in [0.1, 0.15) is 46.5 Å². The molecule has 1 aromatic carbocycles. The van der Waals surface area contributed by atoms with Gasteiger partial charge in [-0.2, -0.15) is 0 Å². The predicted molar refractivity (Wildman–Crippen MR) is 90.3 cm³/mol. The fourth-order valence-electron chi connectivity index (χ4n) is 2.86. The summed E-state index contributed by atoms with van der Waals surface area (Å²) in [5, 5.41) is 6.41. The second-order valence-corrected chi connectivity index (χ2v) is 6.29. The Kier molecular flexibility index (Phi) is 6.10. The Morgan fingerprint density at radius 1 is 1.23 bits per heavy atom. The third-order valence-corrected chi connectivity index (χ3v) is 4.30. The first-order valence-electron chi connectivity index (χ1n) is 8.38. The molecule has 1 amide bonds. The molecule has 1 fully saturated rings. The molecule has 0 heterocycles. The van der Waals surface area contributed by atoms with E-state index in [2.05, 4.69) is 17.6 Å². The van der Waals surface area contributed by atoms with E-state index in [1.165, 1.54) is 12.8 Å². The fourth-order valence-corrected chi connectivity index (χ4v) is 2.86. The largest absolute Gasteiger partial charge is 0.494 e. The summed E-state index contributed by atoms with van der Waals surface area (Å²) in [6, 6.07) is 7.82. The second kappa shape index (κ2) is 8.06. The van der Waals surface area contributed by atoms with Gasteiger partial charge < -0.3 is 15.4 Å². The van der Waals surface area contributed by atoms with Crippen molar-refractivity contribution in [3.8, 4) is 5.75 Å². The van der Waals surface area contributed by atoms with Crippen LogP contribution in [0.3, 0.4) is 0 Å². The van der Waals surface area contributed by atoms with E-state index >= 15 is 0 Å². The summed E-state index contributed by atoms with van der Waals surface area (Å²) < 4.78 is 5.42. The third-order valence-electron chi connectivity index (χ3n) is 4.30. The van der Waals surface area contributed by atoms with Crippen LogP contribution in [0.5, 0.6) is 5.75 Å². The molecule has 0 bridgehead atoms. The van der Waals surface area contributed by atoms with Gasteiger partial charge in [0.1, 0.15) is 11.8 Å². The van der Waals surface area contributed by atoms with E-state index in [1.807, 2.05) is 38.1 Å². The number of anilines is 1. The Morgan fingerprint density at radius 3 is 2.45 bits per heavy atom. The summed E-state index contributed by atoms with van der Waals surface area (Å²) in [7, 11) is 0. The van der Waals surface area contributed by atoms with Crippen LogP contribution in [-0.2, 0) is 4.79 Å². The molecule has 1 unspecified atom stereocenters. The smallest absolute Gasteiger partial charge is 0.242 e. The highest BCUT2D eigenvalue weighted by molar-refractivity contribution is 5.84. The Balaban J connectivity index is 1.80. The summed E-state index contributed by atoms with van der Waals surface area (Å²) in [4.78, 5) is 12.3. The lowest BCUT2D eigenvalue weighted by Crippen LogP contribution is -2.44. The zero-order chi connectivity index (χ0) is 15.9. The Bertz CT molecular complexity index is 464. The lowest BCUT2D eigenvalue weighted by atomic mass is 9.87. The van der Waals surface area contributed by atoms with Crippen LogP contribution >= 0.6 is 0 Å². The lowest BCUT2D eigenvalue weighted by Gasteiger charge is -2.28. The zero-order valence-electron chi connectivity index (χ0n) is 13.9. The minimum Gasteiger partial charge on any atom is -0.494 e. The number of carbonyl (C=O) groups excluding carboxylic acids is 1. The minimum absolute atomic E-state index is 0.0773. The first-order chi connectivity index (χ1) is 10.6. The molecule has 2 rings (SSSR count). The molecule has 4 nitrogen and oxygen atoms in total. The van der Waals surface area contributed by atoms with Gasteiger partial charge in [-0.15, -0.1) is 0 Å². The first-order valence-corrected chi connectivity index (χ1v) is 8.38. The van der Waals surface area contributed by atoms with Crippen molar-refractivity contribution in [3.63, 3.8) is 0 Å². The molecular weight excluding hydrogens is 276 g/mol. The second-order valence-electron chi connectivity index (χ2n) is 6.29. The van der Waals surface area contributed by atoms with Crippen molar-refractivity contribution in [1.29, 1.82) is 0 Å². The van der Waals surface area contributed by atoms with Gasteiger partial charge in [0, 0.05) is 11.7 Å². The van der Waals surface area contributed by atoms with Gasteiger partial charge in [0.15, 0.2) is 0 Å². The standard InChI is InChI=1S/C18H28N2O2/c1-4-22-17-11-9-15(10-12-17)19-14(3)18(21)20-16-7-5-13(2)6-8-16/h9-14,16,19H,4-8H2,1-3H3,(H,20,21). The molecular formula is C18H28N2O2. The summed E-state index contributed by atoms with van der Waals surface area (Å²) in [6.45, 7) is 6.81. The van der Waals surface area contributed by atoms with E-state index in [9.17, 15) is 4.79 Å². The van der Waals surface area contributed by atoms with Crippen molar-refractivity contribution in [2.75, 3.05) is 11.9 Å². The zero-order valence-corrected chi connectivity index (χ0v) is 13.9.